The van der Waals surface area contributed by atoms with E-state index in [1.807, 2.05) is 60.7 Å². The van der Waals surface area contributed by atoms with Gasteiger partial charge in [0.15, 0.2) is 0 Å². The van der Waals surface area contributed by atoms with E-state index in [1.165, 1.54) is 5.56 Å². The van der Waals surface area contributed by atoms with Gasteiger partial charge in [-0.1, -0.05) is 60.7 Å². The second kappa shape index (κ2) is 7.75. The van der Waals surface area contributed by atoms with Crippen molar-refractivity contribution in [3.63, 3.8) is 0 Å². The Morgan fingerprint density at radius 2 is 1.64 bits per heavy atom. The molecule has 0 unspecified atom stereocenters. The normalized spacial score (nSPS) is 19.3. The van der Waals surface area contributed by atoms with Gasteiger partial charge in [0.05, 0.1) is 12.1 Å². The van der Waals surface area contributed by atoms with E-state index >= 15 is 0 Å². The van der Waals surface area contributed by atoms with Crippen molar-refractivity contribution in [3.8, 4) is 0 Å². The lowest BCUT2D eigenvalue weighted by atomic mass is 10.1. The van der Waals surface area contributed by atoms with Gasteiger partial charge in [0.2, 0.25) is 5.91 Å². The van der Waals surface area contributed by atoms with Gasteiger partial charge in [-0.15, -0.1) is 0 Å². The predicted molar refractivity (Wildman–Crippen MR) is 95.3 cm³/mol. The van der Waals surface area contributed by atoms with Crippen LogP contribution in [0.3, 0.4) is 0 Å². The monoisotopic (exact) mass is 336 g/mol. The van der Waals surface area contributed by atoms with Gasteiger partial charge in [-0.2, -0.15) is 5.10 Å². The number of hydrazone groups is 1. The number of hydrogen-bond acceptors (Lipinski definition) is 3. The second-order valence-electron chi connectivity index (χ2n) is 6.15. The Morgan fingerprint density at radius 1 is 1.00 bits per heavy atom. The van der Waals surface area contributed by atoms with Gasteiger partial charge in [0.25, 0.3) is 0 Å². The fourth-order valence-electron chi connectivity index (χ4n) is 2.88. The van der Waals surface area contributed by atoms with Gasteiger partial charge in [0, 0.05) is 12.3 Å². The number of carboxylic acids is 1. The van der Waals surface area contributed by atoms with Crippen LogP contribution in [0.2, 0.25) is 0 Å². The average molecular weight is 336 g/mol. The first-order valence-electron chi connectivity index (χ1n) is 8.33. The van der Waals surface area contributed by atoms with E-state index in [4.69, 9.17) is 5.11 Å². The molecule has 2 aromatic rings. The van der Waals surface area contributed by atoms with Crippen LogP contribution in [0.15, 0.2) is 65.8 Å². The molecule has 5 nitrogen and oxygen atoms in total. The molecule has 1 aliphatic rings. The zero-order chi connectivity index (χ0) is 17.6. The highest BCUT2D eigenvalue weighted by atomic mass is 16.4. The molecule has 0 heterocycles. The first-order chi connectivity index (χ1) is 12.1. The molecule has 1 amide bonds. The minimum Gasteiger partial charge on any atom is -0.481 e. The molecule has 0 bridgehead atoms. The number of benzene rings is 2. The summed E-state index contributed by atoms with van der Waals surface area (Å²) >= 11 is 0. The van der Waals surface area contributed by atoms with E-state index in [0.717, 1.165) is 12.0 Å². The molecule has 1 aliphatic carbocycles. The van der Waals surface area contributed by atoms with E-state index in [9.17, 15) is 9.59 Å². The summed E-state index contributed by atoms with van der Waals surface area (Å²) in [5.74, 6) is -0.822. The zero-order valence-electron chi connectivity index (χ0n) is 13.8. The van der Waals surface area contributed by atoms with Crippen LogP contribution in [0.25, 0.3) is 0 Å². The summed E-state index contributed by atoms with van der Waals surface area (Å²) in [6.07, 6.45) is 1.06. The van der Waals surface area contributed by atoms with Crippen LogP contribution in [0.5, 0.6) is 0 Å². The number of carboxylic acid groups (broad SMARTS) is 1. The molecule has 128 valence electrons. The Kier molecular flexibility index (Phi) is 5.23. The number of amides is 1. The maximum absolute atomic E-state index is 12.3. The van der Waals surface area contributed by atoms with Crippen molar-refractivity contribution in [2.45, 2.75) is 25.2 Å². The third-order valence-corrected chi connectivity index (χ3v) is 4.34. The third-order valence-electron chi connectivity index (χ3n) is 4.34. The predicted octanol–water partition coefficient (Wildman–Crippen LogP) is 3.18. The van der Waals surface area contributed by atoms with Crippen LogP contribution in [-0.2, 0) is 9.59 Å². The molecule has 1 fully saturated rings. The molecule has 0 radical (unpaired) electrons. The van der Waals surface area contributed by atoms with E-state index in [-0.39, 0.29) is 30.6 Å². The van der Waals surface area contributed by atoms with Crippen LogP contribution >= 0.6 is 0 Å². The molecule has 2 atom stereocenters. The Morgan fingerprint density at radius 3 is 2.28 bits per heavy atom. The highest BCUT2D eigenvalue weighted by molar-refractivity contribution is 6.02. The number of nitrogens with one attached hydrogen (secondary N) is 1. The highest BCUT2D eigenvalue weighted by Crippen LogP contribution is 2.47. The molecule has 0 spiro atoms. The first kappa shape index (κ1) is 16.9. The first-order valence-corrected chi connectivity index (χ1v) is 8.33. The van der Waals surface area contributed by atoms with Crippen molar-refractivity contribution < 1.29 is 14.7 Å². The molecule has 3 rings (SSSR count). The summed E-state index contributed by atoms with van der Waals surface area (Å²) in [6, 6.07) is 19.3. The summed E-state index contributed by atoms with van der Waals surface area (Å²) in [6.45, 7) is 0. The van der Waals surface area contributed by atoms with Gasteiger partial charge in [-0.25, -0.2) is 5.43 Å². The largest absolute Gasteiger partial charge is 0.481 e. The number of carbonyl (C=O) groups excluding carboxylic acids is 1. The van der Waals surface area contributed by atoms with E-state index in [0.29, 0.717) is 5.71 Å². The zero-order valence-corrected chi connectivity index (χ0v) is 13.8. The lowest BCUT2D eigenvalue weighted by Gasteiger charge is -2.06. The van der Waals surface area contributed by atoms with Gasteiger partial charge in [0.1, 0.15) is 0 Å². The highest BCUT2D eigenvalue weighted by Gasteiger charge is 2.43. The van der Waals surface area contributed by atoms with Crippen LogP contribution in [0, 0.1) is 5.92 Å². The van der Waals surface area contributed by atoms with Gasteiger partial charge in [-0.3, -0.25) is 9.59 Å². The lowest BCUT2D eigenvalue weighted by Crippen LogP contribution is -2.22. The Bertz CT molecular complexity index is 772. The van der Waals surface area contributed by atoms with E-state index in [2.05, 4.69) is 10.5 Å². The van der Waals surface area contributed by atoms with Crippen LogP contribution in [-0.4, -0.2) is 22.7 Å². The van der Waals surface area contributed by atoms with Crippen LogP contribution in [0.4, 0.5) is 0 Å². The fourth-order valence-corrected chi connectivity index (χ4v) is 2.88. The van der Waals surface area contributed by atoms with E-state index < -0.39 is 5.97 Å². The molecule has 0 aromatic heterocycles. The molecule has 2 N–H and O–H groups in total. The van der Waals surface area contributed by atoms with Gasteiger partial charge >= 0.3 is 5.97 Å². The summed E-state index contributed by atoms with van der Waals surface area (Å²) in [4.78, 5) is 23.2. The maximum Gasteiger partial charge on any atom is 0.303 e. The SMILES string of the molecule is O=C(O)CC/C(=N\NC(=O)[C@H]1C[C@H]1c1ccccc1)c1ccccc1. The molecule has 2 aromatic carbocycles. The van der Waals surface area contributed by atoms with Crippen LogP contribution < -0.4 is 5.43 Å². The average Bonchev–Trinajstić information content (AvgIpc) is 3.44. The van der Waals surface area contributed by atoms with Crippen molar-refractivity contribution in [1.82, 2.24) is 5.43 Å². The maximum atomic E-state index is 12.3. The molecule has 0 saturated heterocycles. The van der Waals surface area contributed by atoms with Crippen molar-refractivity contribution in [3.05, 3.63) is 71.8 Å². The molecular weight excluding hydrogens is 316 g/mol. The number of rotatable bonds is 7. The topological polar surface area (TPSA) is 78.8 Å². The molecule has 25 heavy (non-hydrogen) atoms. The number of aliphatic carboxylic acids is 1. The third kappa shape index (κ3) is 4.53. The summed E-state index contributed by atoms with van der Waals surface area (Å²) < 4.78 is 0. The quantitative estimate of drug-likeness (QED) is 0.602. The Balaban J connectivity index is 1.65. The van der Waals surface area contributed by atoms with Gasteiger partial charge in [-0.05, 0) is 23.5 Å². The van der Waals surface area contributed by atoms with Crippen molar-refractivity contribution in [1.29, 1.82) is 0 Å². The number of carbonyl (C=O) groups is 2. The Hall–Kier alpha value is -2.95. The standard InChI is InChI=1S/C20H20N2O3/c23-19(24)12-11-18(15-9-5-2-6-10-15)21-22-20(25)17-13-16(17)14-7-3-1-4-8-14/h1-10,16-17H,11-13H2,(H,22,25)(H,23,24)/b21-18+/t16-,17-/m0/s1. The number of nitrogens with zero attached hydrogens (tertiary/aromatic N) is 1. The summed E-state index contributed by atoms with van der Waals surface area (Å²) in [5, 5.41) is 13.1. The fraction of sp³-hybridized carbons (Fsp3) is 0.250. The molecule has 0 aliphatic heterocycles. The summed E-state index contributed by atoms with van der Waals surface area (Å²) in [7, 11) is 0. The van der Waals surface area contributed by atoms with Crippen molar-refractivity contribution >= 4 is 17.6 Å². The lowest BCUT2D eigenvalue weighted by molar-refractivity contribution is -0.136. The summed E-state index contributed by atoms with van der Waals surface area (Å²) in [5.41, 5.74) is 5.19. The minimum atomic E-state index is -0.888. The minimum absolute atomic E-state index is 0.0281. The molecular formula is C20H20N2O3. The van der Waals surface area contributed by atoms with Crippen LogP contribution in [0.1, 0.15) is 36.3 Å². The second-order valence-corrected chi connectivity index (χ2v) is 6.15. The van der Waals surface area contributed by atoms with Crippen molar-refractivity contribution in [2.24, 2.45) is 11.0 Å². The molecule has 1 saturated carbocycles. The smallest absolute Gasteiger partial charge is 0.303 e. The Labute approximate surface area is 146 Å². The van der Waals surface area contributed by atoms with Gasteiger partial charge < -0.3 is 5.11 Å². The molecule has 5 heteroatoms. The number of hydrogen-bond donors (Lipinski definition) is 2. The van der Waals surface area contributed by atoms with E-state index in [1.54, 1.807) is 0 Å². The van der Waals surface area contributed by atoms with Crippen molar-refractivity contribution in [2.75, 3.05) is 0 Å².